The van der Waals surface area contributed by atoms with Crippen LogP contribution >= 0.6 is 15.9 Å². The molecule has 0 N–H and O–H groups in total. The molecule has 1 amide bonds. The number of nitrogens with zero attached hydrogens (tertiary/aromatic N) is 1. The Morgan fingerprint density at radius 1 is 1.50 bits per heavy atom. The first-order valence-corrected chi connectivity index (χ1v) is 5.59. The molecular formula is C10H12BrNO2. The van der Waals surface area contributed by atoms with Crippen LogP contribution in [0.3, 0.4) is 0 Å². The molecule has 2 aliphatic rings. The van der Waals surface area contributed by atoms with Crippen LogP contribution in [0, 0.1) is 10.8 Å². The van der Waals surface area contributed by atoms with E-state index in [1.165, 1.54) is 0 Å². The molecule has 1 unspecified atom stereocenters. The van der Waals surface area contributed by atoms with Crippen molar-refractivity contribution >= 4 is 21.8 Å². The van der Waals surface area contributed by atoms with Crippen LogP contribution in [0.4, 0.5) is 0 Å². The zero-order valence-electron chi connectivity index (χ0n) is 7.88. The number of carbonyl (C=O) groups excluding carboxylic acids is 1. The molecule has 0 saturated carbocycles. The van der Waals surface area contributed by atoms with Crippen molar-refractivity contribution in [2.75, 3.05) is 19.8 Å². The zero-order chi connectivity index (χ0) is 10.0. The van der Waals surface area contributed by atoms with Gasteiger partial charge in [0.2, 0.25) is 0 Å². The van der Waals surface area contributed by atoms with Crippen LogP contribution in [0.5, 0.6) is 0 Å². The Morgan fingerprint density at radius 3 is 3.00 bits per heavy atom. The zero-order valence-corrected chi connectivity index (χ0v) is 9.47. The van der Waals surface area contributed by atoms with Gasteiger partial charge in [0.15, 0.2) is 0 Å². The molecule has 0 aromatic rings. The van der Waals surface area contributed by atoms with Gasteiger partial charge < -0.3 is 9.64 Å². The molecule has 2 rings (SSSR count). The number of halogens is 1. The van der Waals surface area contributed by atoms with E-state index in [1.807, 2.05) is 4.90 Å². The van der Waals surface area contributed by atoms with Gasteiger partial charge in [-0.2, -0.15) is 0 Å². The molecule has 76 valence electrons. The smallest absolute Gasteiger partial charge is 0.299 e. The van der Waals surface area contributed by atoms with Crippen molar-refractivity contribution in [3.05, 3.63) is 0 Å². The lowest BCUT2D eigenvalue weighted by atomic mass is 9.95. The van der Waals surface area contributed by atoms with E-state index in [2.05, 4.69) is 26.7 Å². The first-order valence-electron chi connectivity index (χ1n) is 4.79. The first-order chi connectivity index (χ1) is 6.78. The van der Waals surface area contributed by atoms with E-state index in [1.54, 1.807) is 0 Å². The normalized spacial score (nSPS) is 30.5. The maximum absolute atomic E-state index is 11.7. The topological polar surface area (TPSA) is 29.5 Å². The number of amides is 1. The Labute approximate surface area is 91.9 Å². The standard InChI is InChI=1S/C10H12BrNO2/c11-5-2-9(13)12-6-1-3-10(12)4-7-14-8-10/h1,3-4,6-8H2. The summed E-state index contributed by atoms with van der Waals surface area (Å²) in [4.78, 5) is 16.0. The van der Waals surface area contributed by atoms with Crippen molar-refractivity contribution in [3.8, 4) is 10.8 Å². The number of hydrogen-bond acceptors (Lipinski definition) is 2. The molecule has 0 aromatic heterocycles. The minimum atomic E-state index is -0.0788. The quantitative estimate of drug-likeness (QED) is 0.609. The molecule has 2 fully saturated rings. The van der Waals surface area contributed by atoms with E-state index >= 15 is 0 Å². The largest absolute Gasteiger partial charge is 0.379 e. The van der Waals surface area contributed by atoms with Crippen LogP contribution < -0.4 is 0 Å². The van der Waals surface area contributed by atoms with Gasteiger partial charge in [0, 0.05) is 35.0 Å². The summed E-state index contributed by atoms with van der Waals surface area (Å²) in [6.07, 6.45) is 3.09. The predicted octanol–water partition coefficient (Wildman–Crippen LogP) is 1.12. The lowest BCUT2D eigenvalue weighted by molar-refractivity contribution is -0.129. The first kappa shape index (κ1) is 10.0. The van der Waals surface area contributed by atoms with Crippen molar-refractivity contribution in [1.29, 1.82) is 0 Å². The van der Waals surface area contributed by atoms with Gasteiger partial charge in [-0.3, -0.25) is 4.79 Å². The SMILES string of the molecule is O=C(C#CBr)N1CCCC12CCOC2. The minimum absolute atomic E-state index is 0.0338. The van der Waals surface area contributed by atoms with E-state index in [9.17, 15) is 4.79 Å². The molecular weight excluding hydrogens is 246 g/mol. The third kappa shape index (κ3) is 1.55. The van der Waals surface area contributed by atoms with Gasteiger partial charge in [-0.1, -0.05) is 0 Å². The highest BCUT2D eigenvalue weighted by Crippen LogP contribution is 2.36. The third-order valence-electron chi connectivity index (χ3n) is 3.08. The number of hydrogen-bond donors (Lipinski definition) is 0. The van der Waals surface area contributed by atoms with Gasteiger partial charge in [0.25, 0.3) is 5.91 Å². The van der Waals surface area contributed by atoms with Gasteiger partial charge in [-0.15, -0.1) is 0 Å². The number of ether oxygens (including phenoxy) is 1. The van der Waals surface area contributed by atoms with Crippen molar-refractivity contribution in [1.82, 2.24) is 4.90 Å². The Balaban J connectivity index is 2.16. The second-order valence-corrected chi connectivity index (χ2v) is 4.20. The summed E-state index contributed by atoms with van der Waals surface area (Å²) in [5.41, 5.74) is -0.0338. The van der Waals surface area contributed by atoms with E-state index in [0.717, 1.165) is 32.4 Å². The van der Waals surface area contributed by atoms with Gasteiger partial charge in [-0.25, -0.2) is 0 Å². The molecule has 0 aliphatic carbocycles. The van der Waals surface area contributed by atoms with Crippen molar-refractivity contribution in [2.45, 2.75) is 24.8 Å². The lowest BCUT2D eigenvalue weighted by Crippen LogP contribution is -2.47. The fourth-order valence-corrected chi connectivity index (χ4v) is 2.54. The van der Waals surface area contributed by atoms with Gasteiger partial charge in [0.1, 0.15) is 0 Å². The fraction of sp³-hybridized carbons (Fsp3) is 0.700. The van der Waals surface area contributed by atoms with Gasteiger partial charge in [-0.05, 0) is 24.1 Å². The molecule has 2 heterocycles. The van der Waals surface area contributed by atoms with Crippen LogP contribution in [0.15, 0.2) is 0 Å². The highest BCUT2D eigenvalue weighted by atomic mass is 79.9. The summed E-state index contributed by atoms with van der Waals surface area (Å²) < 4.78 is 5.39. The maximum atomic E-state index is 11.7. The Hall–Kier alpha value is -0.530. The second-order valence-electron chi connectivity index (χ2n) is 3.81. The van der Waals surface area contributed by atoms with E-state index in [-0.39, 0.29) is 11.4 Å². The highest BCUT2D eigenvalue weighted by Gasteiger charge is 2.45. The predicted molar refractivity (Wildman–Crippen MR) is 55.8 cm³/mol. The Morgan fingerprint density at radius 2 is 2.36 bits per heavy atom. The third-order valence-corrected chi connectivity index (χ3v) is 3.28. The summed E-state index contributed by atoms with van der Waals surface area (Å²) in [6.45, 7) is 2.28. The summed E-state index contributed by atoms with van der Waals surface area (Å²) in [6, 6.07) is 0. The molecule has 0 radical (unpaired) electrons. The average molecular weight is 258 g/mol. The van der Waals surface area contributed by atoms with Crippen LogP contribution in [-0.4, -0.2) is 36.1 Å². The van der Waals surface area contributed by atoms with Crippen LogP contribution in [-0.2, 0) is 9.53 Å². The van der Waals surface area contributed by atoms with Crippen LogP contribution in [0.2, 0.25) is 0 Å². The summed E-state index contributed by atoms with van der Waals surface area (Å²) >= 11 is 2.95. The fourth-order valence-electron chi connectivity index (χ4n) is 2.37. The molecule has 3 nitrogen and oxygen atoms in total. The van der Waals surface area contributed by atoms with E-state index < -0.39 is 0 Å². The summed E-state index contributed by atoms with van der Waals surface area (Å²) in [7, 11) is 0. The maximum Gasteiger partial charge on any atom is 0.299 e. The number of rotatable bonds is 0. The monoisotopic (exact) mass is 257 g/mol. The van der Waals surface area contributed by atoms with E-state index in [4.69, 9.17) is 4.74 Å². The Bertz CT molecular complexity index is 293. The summed E-state index contributed by atoms with van der Waals surface area (Å²) in [5, 5.41) is 0. The second kappa shape index (κ2) is 3.92. The molecule has 0 aromatic carbocycles. The molecule has 1 spiro atoms. The lowest BCUT2D eigenvalue weighted by Gasteiger charge is -2.31. The number of likely N-dealkylation sites (tertiary alicyclic amines) is 1. The molecule has 0 bridgehead atoms. The van der Waals surface area contributed by atoms with Gasteiger partial charge >= 0.3 is 0 Å². The molecule has 14 heavy (non-hydrogen) atoms. The molecule has 1 atom stereocenters. The molecule has 2 saturated heterocycles. The highest BCUT2D eigenvalue weighted by molar-refractivity contribution is 9.12. The van der Waals surface area contributed by atoms with E-state index in [0.29, 0.717) is 6.61 Å². The summed E-state index contributed by atoms with van der Waals surface area (Å²) in [5.74, 6) is 2.46. The number of carbonyl (C=O) groups is 1. The van der Waals surface area contributed by atoms with Crippen molar-refractivity contribution < 1.29 is 9.53 Å². The minimum Gasteiger partial charge on any atom is -0.379 e. The van der Waals surface area contributed by atoms with Crippen LogP contribution in [0.1, 0.15) is 19.3 Å². The molecule has 2 aliphatic heterocycles. The average Bonchev–Trinajstić information content (AvgIpc) is 2.78. The van der Waals surface area contributed by atoms with Crippen LogP contribution in [0.25, 0.3) is 0 Å². The van der Waals surface area contributed by atoms with Crippen molar-refractivity contribution in [3.63, 3.8) is 0 Å². The Kier molecular flexibility index (Phi) is 2.80. The van der Waals surface area contributed by atoms with Crippen molar-refractivity contribution in [2.24, 2.45) is 0 Å². The molecule has 4 heteroatoms. The van der Waals surface area contributed by atoms with Gasteiger partial charge in [0.05, 0.1) is 12.1 Å².